The van der Waals surface area contributed by atoms with Crippen molar-refractivity contribution in [3.05, 3.63) is 0 Å². The highest BCUT2D eigenvalue weighted by atomic mass is 16.5. The van der Waals surface area contributed by atoms with Crippen molar-refractivity contribution in [2.45, 2.75) is 25.4 Å². The number of rotatable bonds is 4. The van der Waals surface area contributed by atoms with E-state index in [0.717, 1.165) is 19.6 Å². The van der Waals surface area contributed by atoms with Crippen molar-refractivity contribution in [1.82, 2.24) is 5.32 Å². The summed E-state index contributed by atoms with van der Waals surface area (Å²) in [5.41, 5.74) is 0. The third-order valence-corrected chi connectivity index (χ3v) is 1.82. The molecule has 2 N–H and O–H groups in total. The quantitative estimate of drug-likeness (QED) is 0.573. The summed E-state index contributed by atoms with van der Waals surface area (Å²) in [7, 11) is 0. The normalized spacial score (nSPS) is 22.2. The Morgan fingerprint density at radius 2 is 2.40 bits per heavy atom. The van der Waals surface area contributed by atoms with Gasteiger partial charge in [0.25, 0.3) is 0 Å². The molecule has 0 saturated carbocycles. The monoisotopic (exact) mass is 145 g/mol. The van der Waals surface area contributed by atoms with Crippen molar-refractivity contribution >= 4 is 0 Å². The molecule has 3 nitrogen and oxygen atoms in total. The Bertz CT molecular complexity index is 89.6. The molecule has 0 amide bonds. The molecule has 0 aromatic carbocycles. The lowest BCUT2D eigenvalue weighted by Crippen LogP contribution is -2.51. The molecule has 1 fully saturated rings. The van der Waals surface area contributed by atoms with Crippen molar-refractivity contribution in [1.29, 1.82) is 0 Å². The number of aliphatic hydroxyl groups is 1. The molecule has 0 aliphatic carbocycles. The van der Waals surface area contributed by atoms with Crippen LogP contribution in [0.25, 0.3) is 0 Å². The van der Waals surface area contributed by atoms with E-state index in [1.165, 1.54) is 0 Å². The van der Waals surface area contributed by atoms with Crippen LogP contribution in [0.4, 0.5) is 0 Å². The van der Waals surface area contributed by atoms with Gasteiger partial charge in [0.15, 0.2) is 0 Å². The minimum absolute atomic E-state index is 0.229. The summed E-state index contributed by atoms with van der Waals surface area (Å²) >= 11 is 0. The molecule has 0 unspecified atom stereocenters. The maximum Gasteiger partial charge on any atom is 0.0643 e. The highest BCUT2D eigenvalue weighted by Crippen LogP contribution is 2.02. The second-order valence-electron chi connectivity index (χ2n) is 2.69. The van der Waals surface area contributed by atoms with Gasteiger partial charge >= 0.3 is 0 Å². The summed E-state index contributed by atoms with van der Waals surface area (Å²) in [4.78, 5) is 0. The van der Waals surface area contributed by atoms with E-state index in [1.807, 2.05) is 0 Å². The maximum atomic E-state index is 8.79. The van der Waals surface area contributed by atoms with Gasteiger partial charge in [0, 0.05) is 6.04 Å². The van der Waals surface area contributed by atoms with Crippen molar-refractivity contribution in [2.75, 3.05) is 19.8 Å². The molecule has 10 heavy (non-hydrogen) atoms. The van der Waals surface area contributed by atoms with E-state index in [2.05, 4.69) is 12.2 Å². The lowest BCUT2D eigenvalue weighted by atomic mass is 10.2. The number of aliphatic hydroxyl groups excluding tert-OH is 1. The van der Waals surface area contributed by atoms with Crippen LogP contribution in [0.5, 0.6) is 0 Å². The topological polar surface area (TPSA) is 41.5 Å². The van der Waals surface area contributed by atoms with Crippen molar-refractivity contribution in [3.63, 3.8) is 0 Å². The van der Waals surface area contributed by atoms with Crippen LogP contribution < -0.4 is 5.32 Å². The Labute approximate surface area is 61.4 Å². The first-order chi connectivity index (χ1) is 4.86. The molecule has 1 heterocycles. The SMILES string of the molecule is CC[C@H](CO)NC1COC1. The van der Waals surface area contributed by atoms with Crippen LogP contribution in [0.15, 0.2) is 0 Å². The molecule has 1 aliphatic heterocycles. The average Bonchev–Trinajstić information content (AvgIpc) is 1.87. The van der Waals surface area contributed by atoms with Gasteiger partial charge in [0.2, 0.25) is 0 Å². The van der Waals surface area contributed by atoms with Crippen LogP contribution in [0.2, 0.25) is 0 Å². The second kappa shape index (κ2) is 3.91. The molecule has 60 valence electrons. The Morgan fingerprint density at radius 1 is 1.70 bits per heavy atom. The molecule has 1 saturated heterocycles. The van der Waals surface area contributed by atoms with Crippen LogP contribution in [0.3, 0.4) is 0 Å². The average molecular weight is 145 g/mol. The van der Waals surface area contributed by atoms with Gasteiger partial charge < -0.3 is 15.2 Å². The summed E-state index contributed by atoms with van der Waals surface area (Å²) in [6.45, 7) is 3.90. The molecule has 0 aromatic heterocycles. The number of hydrogen-bond donors (Lipinski definition) is 2. The van der Waals surface area contributed by atoms with Crippen molar-refractivity contribution in [2.24, 2.45) is 0 Å². The predicted molar refractivity (Wildman–Crippen MR) is 38.9 cm³/mol. The Morgan fingerprint density at radius 3 is 2.70 bits per heavy atom. The third-order valence-electron chi connectivity index (χ3n) is 1.82. The van der Waals surface area contributed by atoms with Crippen molar-refractivity contribution in [3.8, 4) is 0 Å². The smallest absolute Gasteiger partial charge is 0.0643 e. The van der Waals surface area contributed by atoms with Gasteiger partial charge in [-0.25, -0.2) is 0 Å². The molecule has 3 heteroatoms. The Kier molecular flexibility index (Phi) is 3.12. The van der Waals surface area contributed by atoms with Gasteiger partial charge in [-0.3, -0.25) is 0 Å². The standard InChI is InChI=1S/C7H15NO2/c1-2-6(3-9)8-7-4-10-5-7/h6-9H,2-5H2,1H3/t6-/m1/s1. The molecule has 1 atom stereocenters. The van der Waals surface area contributed by atoms with E-state index in [-0.39, 0.29) is 12.6 Å². The highest BCUT2D eigenvalue weighted by molar-refractivity contribution is 4.77. The zero-order valence-corrected chi connectivity index (χ0v) is 6.34. The molecular formula is C7H15NO2. The lowest BCUT2D eigenvalue weighted by Gasteiger charge is -2.30. The fraction of sp³-hybridized carbons (Fsp3) is 1.00. The van der Waals surface area contributed by atoms with E-state index in [0.29, 0.717) is 6.04 Å². The van der Waals surface area contributed by atoms with Gasteiger partial charge in [-0.2, -0.15) is 0 Å². The lowest BCUT2D eigenvalue weighted by molar-refractivity contribution is -0.0132. The van der Waals surface area contributed by atoms with E-state index >= 15 is 0 Å². The van der Waals surface area contributed by atoms with Crippen LogP contribution in [0.1, 0.15) is 13.3 Å². The Balaban J connectivity index is 2.08. The summed E-state index contributed by atoms with van der Waals surface area (Å²) in [5, 5.41) is 12.1. The van der Waals surface area contributed by atoms with Crippen molar-refractivity contribution < 1.29 is 9.84 Å². The number of nitrogens with one attached hydrogen (secondary N) is 1. The third kappa shape index (κ3) is 1.94. The molecule has 0 radical (unpaired) electrons. The molecule has 1 aliphatic rings. The Hall–Kier alpha value is -0.120. The largest absolute Gasteiger partial charge is 0.395 e. The van der Waals surface area contributed by atoms with Gasteiger partial charge in [-0.15, -0.1) is 0 Å². The fourth-order valence-electron chi connectivity index (χ4n) is 0.965. The van der Waals surface area contributed by atoms with Gasteiger partial charge in [0.05, 0.1) is 25.9 Å². The minimum atomic E-state index is 0.229. The zero-order chi connectivity index (χ0) is 7.40. The first-order valence-electron chi connectivity index (χ1n) is 3.81. The van der Waals surface area contributed by atoms with Gasteiger partial charge in [0.1, 0.15) is 0 Å². The summed E-state index contributed by atoms with van der Waals surface area (Å²) in [5.74, 6) is 0. The maximum absolute atomic E-state index is 8.79. The van der Waals surface area contributed by atoms with Gasteiger partial charge in [-0.1, -0.05) is 6.92 Å². The van der Waals surface area contributed by atoms with Crippen LogP contribution in [-0.2, 0) is 4.74 Å². The van der Waals surface area contributed by atoms with Gasteiger partial charge in [-0.05, 0) is 6.42 Å². The first-order valence-corrected chi connectivity index (χ1v) is 3.81. The summed E-state index contributed by atoms with van der Waals surface area (Å²) in [6.07, 6.45) is 0.979. The summed E-state index contributed by atoms with van der Waals surface area (Å²) in [6, 6.07) is 0.742. The van der Waals surface area contributed by atoms with Crippen LogP contribution in [-0.4, -0.2) is 37.0 Å². The molecular weight excluding hydrogens is 130 g/mol. The van der Waals surface area contributed by atoms with E-state index in [1.54, 1.807) is 0 Å². The molecule has 0 spiro atoms. The molecule has 0 aromatic rings. The molecule has 0 bridgehead atoms. The van der Waals surface area contributed by atoms with Crippen LogP contribution in [0, 0.1) is 0 Å². The van der Waals surface area contributed by atoms with E-state index in [9.17, 15) is 0 Å². The number of ether oxygens (including phenoxy) is 1. The van der Waals surface area contributed by atoms with E-state index in [4.69, 9.17) is 9.84 Å². The summed E-state index contributed by atoms with van der Waals surface area (Å²) < 4.78 is 4.98. The van der Waals surface area contributed by atoms with E-state index < -0.39 is 0 Å². The fourth-order valence-corrected chi connectivity index (χ4v) is 0.965. The first kappa shape index (κ1) is 7.98. The van der Waals surface area contributed by atoms with Crippen LogP contribution >= 0.6 is 0 Å². The minimum Gasteiger partial charge on any atom is -0.395 e. The number of hydrogen-bond acceptors (Lipinski definition) is 3. The molecule has 1 rings (SSSR count). The predicted octanol–water partition coefficient (Wildman–Crippen LogP) is -0.254. The highest BCUT2D eigenvalue weighted by Gasteiger charge is 2.20. The second-order valence-corrected chi connectivity index (χ2v) is 2.69. The zero-order valence-electron chi connectivity index (χ0n) is 6.34.